The molecule has 1 aromatic carbocycles. The minimum atomic E-state index is -0.611. The Morgan fingerprint density at radius 2 is 1.90 bits per heavy atom. The number of rotatable bonds is 6. The lowest BCUT2D eigenvalue weighted by molar-refractivity contribution is -0.149. The van der Waals surface area contributed by atoms with Crippen LogP contribution in [0.25, 0.3) is 0 Å². The van der Waals surface area contributed by atoms with Gasteiger partial charge in [-0.15, -0.1) is 12.4 Å². The van der Waals surface area contributed by atoms with E-state index in [1.807, 2.05) is 30.3 Å². The lowest BCUT2D eigenvalue weighted by Gasteiger charge is -2.39. The van der Waals surface area contributed by atoms with Crippen LogP contribution in [0.15, 0.2) is 30.3 Å². The van der Waals surface area contributed by atoms with Crippen LogP contribution in [0, 0.1) is 5.92 Å². The van der Waals surface area contributed by atoms with Crippen molar-refractivity contribution in [2.24, 2.45) is 11.7 Å². The zero-order valence-corrected chi connectivity index (χ0v) is 17.5. The molecule has 0 saturated carbocycles. The van der Waals surface area contributed by atoms with E-state index in [2.05, 4.69) is 5.32 Å². The smallest absolute Gasteiger partial charge is 0.250 e. The number of likely N-dealkylation sites (tertiary alicyclic amines) is 2. The Morgan fingerprint density at radius 1 is 1.14 bits per heavy atom. The van der Waals surface area contributed by atoms with Crippen LogP contribution < -0.4 is 11.1 Å². The van der Waals surface area contributed by atoms with Crippen LogP contribution in [0.4, 0.5) is 0 Å². The number of nitrogens with one attached hydrogen (secondary N) is 1. The normalized spacial score (nSPS) is 20.6. The molecule has 8 heteroatoms. The summed E-state index contributed by atoms with van der Waals surface area (Å²) >= 11 is 0. The second-order valence-electron chi connectivity index (χ2n) is 7.56. The number of piperidine rings is 2. The molecule has 3 rings (SSSR count). The highest BCUT2D eigenvalue weighted by Crippen LogP contribution is 2.29. The van der Waals surface area contributed by atoms with Gasteiger partial charge in [-0.2, -0.15) is 0 Å². The van der Waals surface area contributed by atoms with Gasteiger partial charge in [0.05, 0.1) is 5.92 Å². The maximum absolute atomic E-state index is 13.5. The zero-order chi connectivity index (χ0) is 19.9. The van der Waals surface area contributed by atoms with Gasteiger partial charge in [0.2, 0.25) is 17.7 Å². The van der Waals surface area contributed by atoms with Gasteiger partial charge in [0.15, 0.2) is 0 Å². The van der Waals surface area contributed by atoms with Gasteiger partial charge >= 0.3 is 0 Å². The van der Waals surface area contributed by atoms with Crippen molar-refractivity contribution in [3.05, 3.63) is 35.9 Å². The quantitative estimate of drug-likeness (QED) is 0.725. The summed E-state index contributed by atoms with van der Waals surface area (Å²) in [5, 5.41) is 2.83. The Bertz CT molecular complexity index is 700. The average molecular weight is 423 g/mol. The number of hydrogen-bond donors (Lipinski definition) is 2. The van der Waals surface area contributed by atoms with Gasteiger partial charge in [0.1, 0.15) is 6.04 Å². The van der Waals surface area contributed by atoms with Crippen LogP contribution >= 0.6 is 12.4 Å². The summed E-state index contributed by atoms with van der Waals surface area (Å²) in [7, 11) is 0. The van der Waals surface area contributed by atoms with E-state index >= 15 is 0 Å². The largest absolute Gasteiger partial charge is 0.355 e. The summed E-state index contributed by atoms with van der Waals surface area (Å²) in [6.07, 6.45) is 3.81. The number of nitrogens with two attached hydrogens (primary N) is 1. The molecule has 160 valence electrons. The van der Waals surface area contributed by atoms with Gasteiger partial charge in [-0.05, 0) is 31.2 Å². The molecule has 2 aliphatic heterocycles. The van der Waals surface area contributed by atoms with Gasteiger partial charge in [0, 0.05) is 39.1 Å². The van der Waals surface area contributed by atoms with Crippen molar-refractivity contribution < 1.29 is 14.4 Å². The van der Waals surface area contributed by atoms with Crippen LogP contribution in [0.3, 0.4) is 0 Å². The lowest BCUT2D eigenvalue weighted by atomic mass is 9.94. The topological polar surface area (TPSA) is 95.7 Å². The highest BCUT2D eigenvalue weighted by Gasteiger charge is 2.37. The van der Waals surface area contributed by atoms with Crippen molar-refractivity contribution in [2.75, 3.05) is 32.7 Å². The highest BCUT2D eigenvalue weighted by molar-refractivity contribution is 5.89. The number of nitrogens with zero attached hydrogens (tertiary/aromatic N) is 2. The number of carbonyl (C=O) groups excluding carboxylic acids is 3. The number of benzene rings is 1. The van der Waals surface area contributed by atoms with Crippen molar-refractivity contribution in [3.63, 3.8) is 0 Å². The van der Waals surface area contributed by atoms with Gasteiger partial charge in [-0.3, -0.25) is 14.4 Å². The van der Waals surface area contributed by atoms with E-state index in [4.69, 9.17) is 5.73 Å². The van der Waals surface area contributed by atoms with E-state index in [0.29, 0.717) is 39.1 Å². The molecule has 2 fully saturated rings. The predicted octanol–water partition coefficient (Wildman–Crippen LogP) is 1.48. The summed E-state index contributed by atoms with van der Waals surface area (Å²) in [4.78, 5) is 41.9. The van der Waals surface area contributed by atoms with Crippen molar-refractivity contribution in [3.8, 4) is 0 Å². The van der Waals surface area contributed by atoms with Crippen LogP contribution in [-0.2, 0) is 14.4 Å². The molecule has 3 N–H and O–H groups in total. The predicted molar refractivity (Wildman–Crippen MR) is 113 cm³/mol. The van der Waals surface area contributed by atoms with Crippen molar-refractivity contribution in [2.45, 2.75) is 38.1 Å². The number of carbonyl (C=O) groups is 3. The third-order valence-corrected chi connectivity index (χ3v) is 5.57. The fourth-order valence-electron chi connectivity index (χ4n) is 4.09. The summed E-state index contributed by atoms with van der Waals surface area (Å²) in [5.74, 6) is -0.327. The number of amides is 3. The molecule has 7 nitrogen and oxygen atoms in total. The van der Waals surface area contributed by atoms with E-state index < -0.39 is 6.04 Å². The van der Waals surface area contributed by atoms with Gasteiger partial charge in [-0.1, -0.05) is 30.3 Å². The first kappa shape index (κ1) is 23.2. The van der Waals surface area contributed by atoms with Crippen LogP contribution in [-0.4, -0.2) is 60.2 Å². The Kier molecular flexibility index (Phi) is 8.92. The molecule has 3 amide bonds. The molecule has 2 saturated heterocycles. The molecule has 2 unspecified atom stereocenters. The average Bonchev–Trinajstić information content (AvgIpc) is 2.74. The number of halogens is 1. The molecule has 0 spiro atoms. The van der Waals surface area contributed by atoms with Gasteiger partial charge in [-0.25, -0.2) is 0 Å². The zero-order valence-electron chi connectivity index (χ0n) is 16.7. The van der Waals surface area contributed by atoms with Gasteiger partial charge in [0.25, 0.3) is 0 Å². The molecule has 0 bridgehead atoms. The summed E-state index contributed by atoms with van der Waals surface area (Å²) < 4.78 is 0. The maximum atomic E-state index is 13.5. The highest BCUT2D eigenvalue weighted by atomic mass is 35.5. The summed E-state index contributed by atoms with van der Waals surface area (Å²) in [6.45, 7) is 2.44. The fourth-order valence-corrected chi connectivity index (χ4v) is 4.09. The van der Waals surface area contributed by atoms with Crippen molar-refractivity contribution >= 4 is 30.1 Å². The third-order valence-electron chi connectivity index (χ3n) is 5.57. The molecule has 2 aliphatic rings. The molecule has 2 heterocycles. The molecule has 0 aromatic heterocycles. The van der Waals surface area contributed by atoms with Crippen LogP contribution in [0.5, 0.6) is 0 Å². The van der Waals surface area contributed by atoms with Crippen LogP contribution in [0.2, 0.25) is 0 Å². The second-order valence-corrected chi connectivity index (χ2v) is 7.56. The van der Waals surface area contributed by atoms with E-state index in [1.54, 1.807) is 9.80 Å². The molecule has 0 aliphatic carbocycles. The lowest BCUT2D eigenvalue weighted by Crippen LogP contribution is -2.51. The monoisotopic (exact) mass is 422 g/mol. The van der Waals surface area contributed by atoms with Crippen molar-refractivity contribution in [1.29, 1.82) is 0 Å². The SMILES string of the molecule is Cl.NCCNC(=O)C1CCCN(C(=O)C(c2ccccc2)N2CCCCC2=O)C1. The first-order valence-electron chi connectivity index (χ1n) is 10.2. The van der Waals surface area contributed by atoms with Crippen molar-refractivity contribution in [1.82, 2.24) is 15.1 Å². The second kappa shape index (κ2) is 11.2. The molecular formula is C21H31ClN4O3. The molecule has 1 aromatic rings. The summed E-state index contributed by atoms with van der Waals surface area (Å²) in [5.41, 5.74) is 6.30. The number of hydrogen-bond acceptors (Lipinski definition) is 4. The maximum Gasteiger partial charge on any atom is 0.250 e. The fraction of sp³-hybridized carbons (Fsp3) is 0.571. The molecule has 29 heavy (non-hydrogen) atoms. The Labute approximate surface area is 178 Å². The molecule has 0 radical (unpaired) electrons. The third kappa shape index (κ3) is 5.70. The van der Waals surface area contributed by atoms with E-state index in [9.17, 15) is 14.4 Å². The standard InChI is InChI=1S/C21H30N4O3.ClH/c22-11-12-23-20(27)17-9-6-13-24(15-17)21(28)19(16-7-2-1-3-8-16)25-14-5-4-10-18(25)26;/h1-3,7-8,17,19H,4-6,9-15,22H2,(H,23,27);1H. The van der Waals surface area contributed by atoms with Crippen LogP contribution in [0.1, 0.15) is 43.7 Å². The molecular weight excluding hydrogens is 392 g/mol. The van der Waals surface area contributed by atoms with Gasteiger partial charge < -0.3 is 20.9 Å². The first-order valence-corrected chi connectivity index (χ1v) is 10.2. The Morgan fingerprint density at radius 3 is 2.59 bits per heavy atom. The summed E-state index contributed by atoms with van der Waals surface area (Å²) in [6, 6.07) is 8.88. The Balaban J connectivity index is 0.00000300. The van der Waals surface area contributed by atoms with E-state index in [0.717, 1.165) is 31.2 Å². The minimum Gasteiger partial charge on any atom is -0.355 e. The first-order chi connectivity index (χ1) is 13.6. The van der Waals surface area contributed by atoms with E-state index in [-0.39, 0.29) is 36.0 Å². The Hall–Kier alpha value is -2.12. The molecule has 2 atom stereocenters. The minimum absolute atomic E-state index is 0. The van der Waals surface area contributed by atoms with E-state index in [1.165, 1.54) is 0 Å².